The van der Waals surface area contributed by atoms with E-state index in [9.17, 15) is 8.42 Å². The first-order chi connectivity index (χ1) is 9.56. The van der Waals surface area contributed by atoms with Gasteiger partial charge in [-0.3, -0.25) is 0 Å². The Morgan fingerprint density at radius 3 is 2.40 bits per heavy atom. The van der Waals surface area contributed by atoms with Crippen LogP contribution in [0.4, 0.5) is 0 Å². The molecule has 0 fully saturated rings. The molecular formula is C15H24N2O2S. The Morgan fingerprint density at radius 1 is 1.10 bits per heavy atom. The van der Waals surface area contributed by atoms with Crippen LogP contribution in [0.5, 0.6) is 0 Å². The number of rotatable bonds is 9. The van der Waals surface area contributed by atoms with Gasteiger partial charge >= 0.3 is 0 Å². The normalized spacial score (nSPS) is 11.9. The van der Waals surface area contributed by atoms with E-state index >= 15 is 0 Å². The van der Waals surface area contributed by atoms with Crippen LogP contribution in [-0.4, -0.2) is 14.6 Å². The van der Waals surface area contributed by atoms with E-state index in [4.69, 9.17) is 0 Å². The molecule has 4 nitrogen and oxygen atoms in total. The van der Waals surface area contributed by atoms with Crippen molar-refractivity contribution in [3.05, 3.63) is 29.8 Å². The number of benzene rings is 1. The predicted molar refractivity (Wildman–Crippen MR) is 83.4 cm³/mol. The highest BCUT2D eigenvalue weighted by Gasteiger charge is 2.11. The standard InChI is InChI=1S/C15H24N2O2S/c1-3-4-5-6-7-8-13-16-17-20(18,19)15-11-9-14(2)10-12-15/h9-13,17H,3-8H2,1-2H3/b16-13-. The van der Waals surface area contributed by atoms with Gasteiger partial charge in [0.2, 0.25) is 0 Å². The van der Waals surface area contributed by atoms with Crippen LogP contribution in [0.15, 0.2) is 34.3 Å². The summed E-state index contributed by atoms with van der Waals surface area (Å²) in [5.74, 6) is 0. The SMILES string of the molecule is CCCCCCC/C=N\NS(=O)(=O)c1ccc(C)cc1. The minimum atomic E-state index is -3.53. The minimum Gasteiger partial charge on any atom is -0.200 e. The molecule has 20 heavy (non-hydrogen) atoms. The van der Waals surface area contributed by atoms with Crippen molar-refractivity contribution in [3.63, 3.8) is 0 Å². The van der Waals surface area contributed by atoms with Gasteiger partial charge in [-0.15, -0.1) is 0 Å². The largest absolute Gasteiger partial charge is 0.276 e. The summed E-state index contributed by atoms with van der Waals surface area (Å²) in [6.07, 6.45) is 8.39. The van der Waals surface area contributed by atoms with E-state index in [2.05, 4.69) is 16.9 Å². The second-order valence-electron chi connectivity index (χ2n) is 4.92. The number of hydrogen-bond donors (Lipinski definition) is 1. The maximum atomic E-state index is 11.9. The van der Waals surface area contributed by atoms with Crippen LogP contribution in [-0.2, 0) is 10.0 Å². The van der Waals surface area contributed by atoms with E-state index in [-0.39, 0.29) is 4.90 Å². The van der Waals surface area contributed by atoms with Crippen molar-refractivity contribution in [2.24, 2.45) is 5.10 Å². The fraction of sp³-hybridized carbons (Fsp3) is 0.533. The summed E-state index contributed by atoms with van der Waals surface area (Å²) >= 11 is 0. The molecule has 0 aliphatic carbocycles. The molecule has 0 aliphatic heterocycles. The molecule has 0 spiro atoms. The third-order valence-electron chi connectivity index (χ3n) is 3.03. The smallest absolute Gasteiger partial charge is 0.200 e. The minimum absolute atomic E-state index is 0.239. The molecule has 5 heteroatoms. The van der Waals surface area contributed by atoms with Crippen LogP contribution in [0.1, 0.15) is 51.0 Å². The molecule has 0 radical (unpaired) electrons. The van der Waals surface area contributed by atoms with Crippen molar-refractivity contribution in [2.75, 3.05) is 0 Å². The first-order valence-corrected chi connectivity index (χ1v) is 8.64. The van der Waals surface area contributed by atoms with Gasteiger partial charge in [0.15, 0.2) is 0 Å². The number of nitrogens with zero attached hydrogens (tertiary/aromatic N) is 1. The lowest BCUT2D eigenvalue weighted by Gasteiger charge is -2.03. The van der Waals surface area contributed by atoms with Crippen molar-refractivity contribution < 1.29 is 8.42 Å². The van der Waals surface area contributed by atoms with Crippen LogP contribution in [0.25, 0.3) is 0 Å². The van der Waals surface area contributed by atoms with E-state index in [0.29, 0.717) is 0 Å². The van der Waals surface area contributed by atoms with Gasteiger partial charge in [0.05, 0.1) is 4.90 Å². The molecule has 1 N–H and O–H groups in total. The van der Waals surface area contributed by atoms with Gasteiger partial charge in [0.25, 0.3) is 10.0 Å². The molecule has 0 aliphatic rings. The van der Waals surface area contributed by atoms with Gasteiger partial charge in [-0.1, -0.05) is 50.3 Å². The van der Waals surface area contributed by atoms with Crippen LogP contribution in [0, 0.1) is 6.92 Å². The Morgan fingerprint density at radius 2 is 1.75 bits per heavy atom. The third kappa shape index (κ3) is 6.19. The Labute approximate surface area is 122 Å². The van der Waals surface area contributed by atoms with Gasteiger partial charge in [0, 0.05) is 6.21 Å². The maximum Gasteiger partial charge on any atom is 0.276 e. The molecule has 0 bridgehead atoms. The Balaban J connectivity index is 2.34. The zero-order chi connectivity index (χ0) is 14.8. The second-order valence-corrected chi connectivity index (χ2v) is 6.58. The Kier molecular flexibility index (Phi) is 7.30. The zero-order valence-corrected chi connectivity index (χ0v) is 13.1. The molecule has 0 saturated heterocycles. The molecule has 1 aromatic carbocycles. The highest BCUT2D eigenvalue weighted by atomic mass is 32.2. The number of unbranched alkanes of at least 4 members (excludes halogenated alkanes) is 5. The average molecular weight is 296 g/mol. The van der Waals surface area contributed by atoms with E-state index < -0.39 is 10.0 Å². The highest BCUT2D eigenvalue weighted by molar-refractivity contribution is 7.89. The van der Waals surface area contributed by atoms with Crippen molar-refractivity contribution in [1.82, 2.24) is 4.83 Å². The summed E-state index contributed by atoms with van der Waals surface area (Å²) < 4.78 is 23.8. The number of hydrogen-bond acceptors (Lipinski definition) is 3. The summed E-state index contributed by atoms with van der Waals surface area (Å²) in [7, 11) is -3.53. The molecule has 0 unspecified atom stereocenters. The monoisotopic (exact) mass is 296 g/mol. The van der Waals surface area contributed by atoms with Gasteiger partial charge in [0.1, 0.15) is 0 Å². The van der Waals surface area contributed by atoms with E-state index in [1.54, 1.807) is 30.5 Å². The van der Waals surface area contributed by atoms with Crippen LogP contribution in [0.2, 0.25) is 0 Å². The summed E-state index contributed by atoms with van der Waals surface area (Å²) in [5.41, 5.74) is 1.03. The van der Waals surface area contributed by atoms with Crippen molar-refractivity contribution in [1.29, 1.82) is 0 Å². The van der Waals surface area contributed by atoms with Crippen LogP contribution >= 0.6 is 0 Å². The van der Waals surface area contributed by atoms with E-state index in [1.165, 1.54) is 25.7 Å². The van der Waals surface area contributed by atoms with Gasteiger partial charge in [-0.05, 0) is 31.9 Å². The molecule has 0 amide bonds. The molecule has 0 aromatic heterocycles. The van der Waals surface area contributed by atoms with Crippen LogP contribution < -0.4 is 4.83 Å². The summed E-state index contributed by atoms with van der Waals surface area (Å²) in [6, 6.07) is 6.70. The lowest BCUT2D eigenvalue weighted by molar-refractivity contribution is 0.584. The molecule has 0 heterocycles. The predicted octanol–water partition coefficient (Wildman–Crippen LogP) is 3.62. The highest BCUT2D eigenvalue weighted by Crippen LogP contribution is 2.09. The fourth-order valence-corrected chi connectivity index (χ4v) is 2.59. The average Bonchev–Trinajstić information content (AvgIpc) is 2.42. The molecule has 0 atom stereocenters. The lowest BCUT2D eigenvalue weighted by atomic mass is 10.1. The zero-order valence-electron chi connectivity index (χ0n) is 12.3. The molecule has 0 saturated carbocycles. The van der Waals surface area contributed by atoms with Gasteiger partial charge < -0.3 is 0 Å². The first-order valence-electron chi connectivity index (χ1n) is 7.16. The Hall–Kier alpha value is -1.36. The van der Waals surface area contributed by atoms with Crippen molar-refractivity contribution in [3.8, 4) is 0 Å². The Bertz CT molecular complexity index is 507. The summed E-state index contributed by atoms with van der Waals surface area (Å²) in [5, 5.41) is 3.80. The van der Waals surface area contributed by atoms with E-state index in [0.717, 1.165) is 18.4 Å². The molecule has 1 rings (SSSR count). The maximum absolute atomic E-state index is 11.9. The van der Waals surface area contributed by atoms with Crippen LogP contribution in [0.3, 0.4) is 0 Å². The second kappa shape index (κ2) is 8.74. The van der Waals surface area contributed by atoms with E-state index in [1.807, 2.05) is 6.92 Å². The number of aryl methyl sites for hydroxylation is 1. The first kappa shape index (κ1) is 16.7. The quantitative estimate of drug-likeness (QED) is 0.430. The number of hydrazone groups is 1. The number of sulfonamides is 1. The molecular weight excluding hydrogens is 272 g/mol. The third-order valence-corrected chi connectivity index (χ3v) is 4.27. The van der Waals surface area contributed by atoms with Crippen molar-refractivity contribution >= 4 is 16.2 Å². The molecule has 112 valence electrons. The fourth-order valence-electron chi connectivity index (χ4n) is 1.78. The number of nitrogens with one attached hydrogen (secondary N) is 1. The van der Waals surface area contributed by atoms with Gasteiger partial charge in [-0.2, -0.15) is 13.5 Å². The van der Waals surface area contributed by atoms with Crippen molar-refractivity contribution in [2.45, 2.75) is 57.3 Å². The van der Waals surface area contributed by atoms with Gasteiger partial charge in [-0.25, -0.2) is 4.83 Å². The topological polar surface area (TPSA) is 58.5 Å². The molecule has 1 aromatic rings. The summed E-state index contributed by atoms with van der Waals surface area (Å²) in [6.45, 7) is 4.10. The summed E-state index contributed by atoms with van der Waals surface area (Å²) in [4.78, 5) is 2.48. The lowest BCUT2D eigenvalue weighted by Crippen LogP contribution is -2.18.